The molecule has 0 fully saturated rings. The number of benzene rings is 2. The molecule has 36 heavy (non-hydrogen) atoms. The first-order valence-corrected chi connectivity index (χ1v) is 10.1. The Hall–Kier alpha value is -4.51. The second-order valence-corrected chi connectivity index (χ2v) is 7.46. The molecule has 0 saturated heterocycles. The normalized spacial score (nSPS) is 13.3. The number of hydrogen-bond donors (Lipinski definition) is 5. The van der Waals surface area contributed by atoms with Crippen LogP contribution in [0.5, 0.6) is 0 Å². The highest BCUT2D eigenvalue weighted by Gasteiger charge is 2.31. The van der Waals surface area contributed by atoms with Gasteiger partial charge in [0.1, 0.15) is 29.1 Å². The van der Waals surface area contributed by atoms with Crippen molar-refractivity contribution in [1.29, 1.82) is 5.26 Å². The molecule has 0 bridgehead atoms. The van der Waals surface area contributed by atoms with Crippen molar-refractivity contribution >= 4 is 35.2 Å². The van der Waals surface area contributed by atoms with Crippen LogP contribution in [0.1, 0.15) is 29.8 Å². The molecule has 0 amide bonds. The van der Waals surface area contributed by atoms with Gasteiger partial charge in [0.25, 0.3) is 0 Å². The SMILES string of the molecule is CC(C=Nc1cccc(F)c1C(O)Nc1cc(F)cc(C(F)(F)F)c1)Nc1nc(N)nc(N)c1C#N. The van der Waals surface area contributed by atoms with Gasteiger partial charge in [-0.15, -0.1) is 0 Å². The van der Waals surface area contributed by atoms with Gasteiger partial charge in [0.2, 0.25) is 5.95 Å². The summed E-state index contributed by atoms with van der Waals surface area (Å²) >= 11 is 0. The lowest BCUT2D eigenvalue weighted by Gasteiger charge is -2.18. The molecule has 9 nitrogen and oxygen atoms in total. The van der Waals surface area contributed by atoms with Crippen LogP contribution in [0.3, 0.4) is 0 Å². The maximum absolute atomic E-state index is 14.6. The highest BCUT2D eigenvalue weighted by molar-refractivity contribution is 5.75. The smallest absolute Gasteiger partial charge is 0.382 e. The maximum atomic E-state index is 14.6. The van der Waals surface area contributed by atoms with Gasteiger partial charge in [0, 0.05) is 11.9 Å². The number of halogens is 5. The predicted molar refractivity (Wildman–Crippen MR) is 123 cm³/mol. The Morgan fingerprint density at radius 2 is 1.86 bits per heavy atom. The Labute approximate surface area is 201 Å². The van der Waals surface area contributed by atoms with E-state index in [1.807, 2.05) is 6.07 Å². The van der Waals surface area contributed by atoms with Gasteiger partial charge in [-0.25, -0.2) is 8.78 Å². The Bertz CT molecular complexity index is 1340. The van der Waals surface area contributed by atoms with Crippen molar-refractivity contribution in [3.05, 3.63) is 64.7 Å². The van der Waals surface area contributed by atoms with E-state index < -0.39 is 46.9 Å². The number of aliphatic hydroxyl groups is 1. The number of nitrogens with one attached hydrogen (secondary N) is 2. The standard InChI is InChI=1S/C22H19F5N8O/c1-10(32-19-14(8-28)18(29)34-21(30)35-19)9-31-16-4-2-3-15(24)17(16)20(36)33-13-6-11(22(25,26)27)5-12(23)7-13/h2-7,9-10,20,33,36H,1H3,(H5,29,30,32,34,35). The third-order valence-corrected chi connectivity index (χ3v) is 4.70. The van der Waals surface area contributed by atoms with E-state index >= 15 is 0 Å². The van der Waals surface area contributed by atoms with Crippen molar-refractivity contribution in [3.8, 4) is 6.07 Å². The van der Waals surface area contributed by atoms with E-state index in [0.29, 0.717) is 12.1 Å². The molecule has 0 saturated carbocycles. The fourth-order valence-electron chi connectivity index (χ4n) is 3.13. The van der Waals surface area contributed by atoms with Crippen molar-refractivity contribution in [1.82, 2.24) is 9.97 Å². The minimum absolute atomic E-state index is 0.0363. The van der Waals surface area contributed by atoms with Gasteiger partial charge in [-0.3, -0.25) is 4.99 Å². The number of nitrogens with two attached hydrogens (primary N) is 2. The first-order valence-electron chi connectivity index (χ1n) is 10.1. The molecular formula is C22H19F5N8O. The largest absolute Gasteiger partial charge is 0.416 e. The molecule has 3 aromatic rings. The number of alkyl halides is 3. The fraction of sp³-hybridized carbons (Fsp3) is 0.182. The summed E-state index contributed by atoms with van der Waals surface area (Å²) in [6.07, 6.45) is -5.41. The molecule has 7 N–H and O–H groups in total. The van der Waals surface area contributed by atoms with Crippen molar-refractivity contribution in [2.45, 2.75) is 25.4 Å². The number of nitriles is 1. The van der Waals surface area contributed by atoms with E-state index in [2.05, 4.69) is 25.6 Å². The molecule has 0 aliphatic rings. The third-order valence-electron chi connectivity index (χ3n) is 4.70. The number of anilines is 4. The van der Waals surface area contributed by atoms with Crippen LogP contribution in [0.25, 0.3) is 0 Å². The van der Waals surface area contributed by atoms with Crippen LogP contribution in [0.4, 0.5) is 50.9 Å². The van der Waals surface area contributed by atoms with Gasteiger partial charge >= 0.3 is 6.18 Å². The van der Waals surface area contributed by atoms with Crippen molar-refractivity contribution in [2.24, 2.45) is 4.99 Å². The van der Waals surface area contributed by atoms with Crippen LogP contribution in [0.2, 0.25) is 0 Å². The maximum Gasteiger partial charge on any atom is 0.416 e. The molecule has 0 aliphatic heterocycles. The second-order valence-electron chi connectivity index (χ2n) is 7.46. The van der Waals surface area contributed by atoms with E-state index in [1.54, 1.807) is 6.92 Å². The summed E-state index contributed by atoms with van der Waals surface area (Å²) in [4.78, 5) is 11.7. The minimum Gasteiger partial charge on any atom is -0.382 e. The molecule has 0 aliphatic carbocycles. The summed E-state index contributed by atoms with van der Waals surface area (Å²) in [5, 5.41) is 24.9. The monoisotopic (exact) mass is 506 g/mol. The highest BCUT2D eigenvalue weighted by Crippen LogP contribution is 2.34. The van der Waals surface area contributed by atoms with E-state index in [1.165, 1.54) is 18.3 Å². The predicted octanol–water partition coefficient (Wildman–Crippen LogP) is 4.12. The zero-order valence-electron chi connectivity index (χ0n) is 18.5. The lowest BCUT2D eigenvalue weighted by Crippen LogP contribution is -2.20. The average Bonchev–Trinajstić information content (AvgIpc) is 2.76. The first kappa shape index (κ1) is 26.1. The summed E-state index contributed by atoms with van der Waals surface area (Å²) in [5.74, 6) is -2.39. The van der Waals surface area contributed by atoms with Gasteiger partial charge in [-0.2, -0.15) is 28.4 Å². The van der Waals surface area contributed by atoms with Crippen LogP contribution >= 0.6 is 0 Å². The van der Waals surface area contributed by atoms with Gasteiger partial charge in [-0.1, -0.05) is 6.07 Å². The Kier molecular flexibility index (Phi) is 7.54. The van der Waals surface area contributed by atoms with Crippen molar-refractivity contribution in [3.63, 3.8) is 0 Å². The van der Waals surface area contributed by atoms with E-state index in [9.17, 15) is 32.3 Å². The molecule has 0 radical (unpaired) electrons. The fourth-order valence-corrected chi connectivity index (χ4v) is 3.13. The molecule has 14 heteroatoms. The second kappa shape index (κ2) is 10.4. The lowest BCUT2D eigenvalue weighted by molar-refractivity contribution is -0.137. The molecule has 2 atom stereocenters. The van der Waals surface area contributed by atoms with Gasteiger partial charge < -0.3 is 27.2 Å². The van der Waals surface area contributed by atoms with Gasteiger partial charge in [0.05, 0.1) is 22.9 Å². The first-order chi connectivity index (χ1) is 16.9. The molecule has 2 unspecified atom stereocenters. The number of aliphatic imine (C=N–C) groups is 1. The summed E-state index contributed by atoms with van der Waals surface area (Å²) in [6.45, 7) is 1.61. The van der Waals surface area contributed by atoms with Crippen molar-refractivity contribution in [2.75, 3.05) is 22.1 Å². The topological polar surface area (TPSA) is 158 Å². The highest BCUT2D eigenvalue weighted by atomic mass is 19.4. The summed E-state index contributed by atoms with van der Waals surface area (Å²) in [5.41, 5.74) is 8.98. The Morgan fingerprint density at radius 1 is 1.14 bits per heavy atom. The number of aliphatic hydroxyl groups excluding tert-OH is 1. The molecular weight excluding hydrogens is 487 g/mol. The molecule has 188 valence electrons. The molecule has 1 aromatic heterocycles. The van der Waals surface area contributed by atoms with Crippen LogP contribution in [-0.2, 0) is 6.18 Å². The number of hydrogen-bond acceptors (Lipinski definition) is 9. The zero-order chi connectivity index (χ0) is 26.6. The van der Waals surface area contributed by atoms with E-state index in [0.717, 1.165) is 12.1 Å². The Morgan fingerprint density at radius 3 is 2.53 bits per heavy atom. The van der Waals surface area contributed by atoms with Crippen LogP contribution in [0.15, 0.2) is 41.4 Å². The molecule has 3 rings (SSSR count). The molecule has 1 heterocycles. The van der Waals surface area contributed by atoms with Crippen LogP contribution in [-0.4, -0.2) is 27.3 Å². The van der Waals surface area contributed by atoms with Gasteiger partial charge in [-0.05, 0) is 37.3 Å². The minimum atomic E-state index is -4.83. The quantitative estimate of drug-likeness (QED) is 0.182. The number of aromatic nitrogens is 2. The van der Waals surface area contributed by atoms with Crippen LogP contribution in [0, 0.1) is 23.0 Å². The third kappa shape index (κ3) is 6.13. The van der Waals surface area contributed by atoms with Crippen molar-refractivity contribution < 1.29 is 27.1 Å². The van der Waals surface area contributed by atoms with Gasteiger partial charge in [0.15, 0.2) is 12.0 Å². The number of nitrogen functional groups attached to an aromatic ring is 2. The number of rotatable bonds is 7. The molecule has 2 aromatic carbocycles. The van der Waals surface area contributed by atoms with E-state index in [-0.39, 0.29) is 28.8 Å². The lowest BCUT2D eigenvalue weighted by atomic mass is 10.1. The van der Waals surface area contributed by atoms with E-state index in [4.69, 9.17) is 11.5 Å². The summed E-state index contributed by atoms with van der Waals surface area (Å²) in [7, 11) is 0. The number of nitrogens with zero attached hydrogens (tertiary/aromatic N) is 4. The summed E-state index contributed by atoms with van der Waals surface area (Å²) < 4.78 is 67.2. The summed E-state index contributed by atoms with van der Waals surface area (Å²) in [6, 6.07) is 6.48. The molecule has 0 spiro atoms. The van der Waals surface area contributed by atoms with Crippen LogP contribution < -0.4 is 22.1 Å². The zero-order valence-corrected chi connectivity index (χ0v) is 18.5. The Balaban J connectivity index is 1.85. The average molecular weight is 506 g/mol.